The van der Waals surface area contributed by atoms with Crippen molar-refractivity contribution in [2.24, 2.45) is 0 Å². The molecular formula is C14H17ClN4O3S2. The van der Waals surface area contributed by atoms with Crippen LogP contribution in [0.3, 0.4) is 0 Å². The fourth-order valence-electron chi connectivity index (χ4n) is 1.78. The molecule has 0 aliphatic rings. The standard InChI is InChI=1S/C14H17ClN4O3S2/c1-19(2)24(21,22)11-7-5-10(6-8-11)13(20)16-14-18-17-12(23-14)4-3-9-15/h5-8H,3-4,9H2,1-2H3,(H,16,18,20). The number of amides is 1. The lowest BCUT2D eigenvalue weighted by atomic mass is 10.2. The van der Waals surface area contributed by atoms with Gasteiger partial charge in [-0.05, 0) is 30.7 Å². The molecule has 0 atom stereocenters. The minimum Gasteiger partial charge on any atom is -0.296 e. The number of nitrogens with zero attached hydrogens (tertiary/aromatic N) is 3. The second-order valence-corrected chi connectivity index (χ2v) is 8.65. The summed E-state index contributed by atoms with van der Waals surface area (Å²) in [5.41, 5.74) is 0.338. The van der Waals surface area contributed by atoms with Gasteiger partial charge in [-0.1, -0.05) is 11.3 Å². The van der Waals surface area contributed by atoms with E-state index in [1.807, 2.05) is 0 Å². The lowest BCUT2D eigenvalue weighted by Gasteiger charge is -2.11. The van der Waals surface area contributed by atoms with Crippen molar-refractivity contribution < 1.29 is 13.2 Å². The number of nitrogens with one attached hydrogen (secondary N) is 1. The largest absolute Gasteiger partial charge is 0.296 e. The van der Waals surface area contributed by atoms with Gasteiger partial charge in [0.2, 0.25) is 15.2 Å². The summed E-state index contributed by atoms with van der Waals surface area (Å²) in [6.07, 6.45) is 1.51. The van der Waals surface area contributed by atoms with E-state index in [0.29, 0.717) is 23.0 Å². The molecule has 0 saturated carbocycles. The van der Waals surface area contributed by atoms with Crippen LogP contribution in [0.5, 0.6) is 0 Å². The van der Waals surface area contributed by atoms with Crippen LogP contribution in [0.15, 0.2) is 29.2 Å². The van der Waals surface area contributed by atoms with Crippen molar-refractivity contribution >= 4 is 44.0 Å². The minimum absolute atomic E-state index is 0.128. The Morgan fingerprint density at radius 1 is 1.25 bits per heavy atom. The summed E-state index contributed by atoms with van der Waals surface area (Å²) in [5, 5.41) is 11.7. The fraction of sp³-hybridized carbons (Fsp3) is 0.357. The summed E-state index contributed by atoms with van der Waals surface area (Å²) in [7, 11) is -0.610. The number of hydrogen-bond donors (Lipinski definition) is 1. The average molecular weight is 389 g/mol. The molecule has 0 saturated heterocycles. The molecule has 24 heavy (non-hydrogen) atoms. The van der Waals surface area contributed by atoms with E-state index in [1.54, 1.807) is 0 Å². The zero-order valence-electron chi connectivity index (χ0n) is 13.2. The molecule has 0 unspecified atom stereocenters. The summed E-state index contributed by atoms with van der Waals surface area (Å²) in [4.78, 5) is 12.3. The van der Waals surface area contributed by atoms with Gasteiger partial charge < -0.3 is 0 Å². The first kappa shape index (κ1) is 18.8. The molecule has 0 aliphatic carbocycles. The monoisotopic (exact) mass is 388 g/mol. The quantitative estimate of drug-likeness (QED) is 0.734. The highest BCUT2D eigenvalue weighted by atomic mass is 35.5. The van der Waals surface area contributed by atoms with Gasteiger partial charge in [-0.25, -0.2) is 12.7 Å². The van der Waals surface area contributed by atoms with Gasteiger partial charge in [-0.3, -0.25) is 10.1 Å². The molecule has 0 spiro atoms. The molecule has 1 heterocycles. The second-order valence-electron chi connectivity index (χ2n) is 5.06. The Morgan fingerprint density at radius 2 is 1.92 bits per heavy atom. The number of aromatic nitrogens is 2. The third-order valence-electron chi connectivity index (χ3n) is 3.11. The molecule has 0 bridgehead atoms. The Balaban J connectivity index is 2.06. The first-order valence-corrected chi connectivity index (χ1v) is 9.86. The number of rotatable bonds is 7. The molecule has 7 nitrogen and oxygen atoms in total. The molecule has 0 fully saturated rings. The van der Waals surface area contributed by atoms with E-state index in [4.69, 9.17) is 11.6 Å². The lowest BCUT2D eigenvalue weighted by molar-refractivity contribution is 0.102. The van der Waals surface area contributed by atoms with E-state index in [2.05, 4.69) is 15.5 Å². The molecule has 1 aromatic carbocycles. The molecule has 1 N–H and O–H groups in total. The number of halogens is 1. The Bertz CT molecular complexity index is 804. The maximum Gasteiger partial charge on any atom is 0.257 e. The zero-order chi connectivity index (χ0) is 17.7. The van der Waals surface area contributed by atoms with Crippen LogP contribution in [0, 0.1) is 0 Å². The van der Waals surface area contributed by atoms with E-state index in [-0.39, 0.29) is 10.8 Å². The summed E-state index contributed by atoms with van der Waals surface area (Å²) >= 11 is 6.92. The van der Waals surface area contributed by atoms with Crippen LogP contribution in [-0.4, -0.2) is 48.8 Å². The van der Waals surface area contributed by atoms with E-state index in [9.17, 15) is 13.2 Å². The van der Waals surface area contributed by atoms with E-state index >= 15 is 0 Å². The van der Waals surface area contributed by atoms with Crippen molar-refractivity contribution in [1.82, 2.24) is 14.5 Å². The lowest BCUT2D eigenvalue weighted by Crippen LogP contribution is -2.22. The van der Waals surface area contributed by atoms with Crippen LogP contribution in [0.25, 0.3) is 0 Å². The first-order chi connectivity index (χ1) is 11.3. The van der Waals surface area contributed by atoms with Crippen LogP contribution >= 0.6 is 22.9 Å². The molecule has 0 aliphatic heterocycles. The number of alkyl halides is 1. The number of sulfonamides is 1. The highest BCUT2D eigenvalue weighted by Gasteiger charge is 2.18. The first-order valence-electron chi connectivity index (χ1n) is 7.07. The van der Waals surface area contributed by atoms with Crippen LogP contribution in [-0.2, 0) is 16.4 Å². The fourth-order valence-corrected chi connectivity index (χ4v) is 3.59. The Kier molecular flexibility index (Phi) is 6.27. The van der Waals surface area contributed by atoms with Gasteiger partial charge in [0.1, 0.15) is 5.01 Å². The van der Waals surface area contributed by atoms with Gasteiger partial charge >= 0.3 is 0 Å². The maximum atomic E-state index is 12.2. The Labute approximate surface area is 149 Å². The Morgan fingerprint density at radius 3 is 2.50 bits per heavy atom. The van der Waals surface area contributed by atoms with Crippen molar-refractivity contribution in [2.75, 3.05) is 25.3 Å². The van der Waals surface area contributed by atoms with E-state index < -0.39 is 10.0 Å². The minimum atomic E-state index is -3.51. The van der Waals surface area contributed by atoms with Crippen LogP contribution in [0.1, 0.15) is 21.8 Å². The third-order valence-corrected chi connectivity index (χ3v) is 6.10. The molecule has 1 aromatic heterocycles. The van der Waals surface area contributed by atoms with Gasteiger partial charge in [-0.2, -0.15) is 0 Å². The number of carbonyl (C=O) groups excluding carboxylic acids is 1. The third kappa shape index (κ3) is 4.50. The van der Waals surface area contributed by atoms with Gasteiger partial charge in [-0.15, -0.1) is 21.8 Å². The summed E-state index contributed by atoms with van der Waals surface area (Å²) < 4.78 is 25.1. The van der Waals surface area contributed by atoms with Gasteiger partial charge in [0.05, 0.1) is 4.90 Å². The molecule has 1 amide bonds. The van der Waals surface area contributed by atoms with Gasteiger partial charge in [0.25, 0.3) is 5.91 Å². The number of benzene rings is 1. The number of carbonyl (C=O) groups is 1. The van der Waals surface area contributed by atoms with Crippen molar-refractivity contribution in [3.63, 3.8) is 0 Å². The van der Waals surface area contributed by atoms with Crippen LogP contribution in [0.4, 0.5) is 5.13 Å². The van der Waals surface area contributed by atoms with Gasteiger partial charge in [0.15, 0.2) is 0 Å². The SMILES string of the molecule is CN(C)S(=O)(=O)c1ccc(C(=O)Nc2nnc(CCCCl)s2)cc1. The highest BCUT2D eigenvalue weighted by molar-refractivity contribution is 7.89. The summed E-state index contributed by atoms with van der Waals surface area (Å²) in [6, 6.07) is 5.72. The van der Waals surface area contributed by atoms with Crippen molar-refractivity contribution in [2.45, 2.75) is 17.7 Å². The predicted octanol–water partition coefficient (Wildman–Crippen LogP) is 2.21. The van der Waals surface area contributed by atoms with E-state index in [1.165, 1.54) is 49.7 Å². The van der Waals surface area contributed by atoms with Crippen molar-refractivity contribution in [3.05, 3.63) is 34.8 Å². The Hall–Kier alpha value is -1.55. The predicted molar refractivity (Wildman–Crippen MR) is 94.2 cm³/mol. The molecule has 10 heteroatoms. The van der Waals surface area contributed by atoms with E-state index in [0.717, 1.165) is 15.7 Å². The molecule has 130 valence electrons. The molecule has 0 radical (unpaired) electrons. The van der Waals surface area contributed by atoms with Crippen molar-refractivity contribution in [1.29, 1.82) is 0 Å². The van der Waals surface area contributed by atoms with Crippen LogP contribution < -0.4 is 5.32 Å². The zero-order valence-corrected chi connectivity index (χ0v) is 15.6. The molecular weight excluding hydrogens is 372 g/mol. The normalized spacial score (nSPS) is 11.7. The summed E-state index contributed by atoms with van der Waals surface area (Å²) in [6.45, 7) is 0. The number of hydrogen-bond acceptors (Lipinski definition) is 6. The maximum absolute atomic E-state index is 12.2. The molecule has 2 aromatic rings. The molecule has 2 rings (SSSR count). The van der Waals surface area contributed by atoms with Crippen LogP contribution in [0.2, 0.25) is 0 Å². The summed E-state index contributed by atoms with van der Waals surface area (Å²) in [5.74, 6) is 0.174. The smallest absolute Gasteiger partial charge is 0.257 e. The second kappa shape index (κ2) is 8.02. The number of anilines is 1. The van der Waals surface area contributed by atoms with Crippen molar-refractivity contribution in [3.8, 4) is 0 Å². The average Bonchev–Trinajstić information content (AvgIpc) is 3.00. The number of aryl methyl sites for hydroxylation is 1. The topological polar surface area (TPSA) is 92.3 Å². The highest BCUT2D eigenvalue weighted by Crippen LogP contribution is 2.19. The van der Waals surface area contributed by atoms with Gasteiger partial charge in [0, 0.05) is 32.0 Å².